The van der Waals surface area contributed by atoms with Gasteiger partial charge in [0.05, 0.1) is 43.9 Å². The van der Waals surface area contributed by atoms with Gasteiger partial charge in [0.1, 0.15) is 17.8 Å². The molecule has 1 aromatic carbocycles. The summed E-state index contributed by atoms with van der Waals surface area (Å²) in [6.07, 6.45) is -4.58. The van der Waals surface area contributed by atoms with Crippen molar-refractivity contribution in [3.05, 3.63) is 71.4 Å². The summed E-state index contributed by atoms with van der Waals surface area (Å²) < 4.78 is 94.0. The van der Waals surface area contributed by atoms with Gasteiger partial charge in [-0.15, -0.1) is 0 Å². The molecule has 0 spiro atoms. The number of alkyl halides is 6. The molecule has 230 valence electrons. The van der Waals surface area contributed by atoms with Gasteiger partial charge >= 0.3 is 12.4 Å². The van der Waals surface area contributed by atoms with Crippen molar-refractivity contribution >= 4 is 11.2 Å². The van der Waals surface area contributed by atoms with Gasteiger partial charge in [-0.05, 0) is 36.6 Å². The van der Waals surface area contributed by atoms with Crippen LogP contribution >= 0.6 is 0 Å². The molecule has 4 aromatic heterocycles. The molecule has 1 aliphatic carbocycles. The van der Waals surface area contributed by atoms with E-state index >= 15 is 0 Å². The van der Waals surface area contributed by atoms with Crippen molar-refractivity contribution in [1.82, 2.24) is 33.9 Å². The molecule has 0 unspecified atom stereocenters. The zero-order valence-corrected chi connectivity index (χ0v) is 23.2. The number of methoxy groups -OCH3 is 2. The molecule has 10 nitrogen and oxygen atoms in total. The molecule has 16 heteroatoms. The Morgan fingerprint density at radius 2 is 1.68 bits per heavy atom. The standard InChI is InChI=1S/C28H24F6N8O2/c1-43-19-9-10-36-23(16-5-6-16)22(19)24-37-12-18-25(38-24)40(26(35)41(18)14-27(29,30)31)13-15-3-7-17(8-4-15)42-21(44-2)11-20(39-42)28(32,33)34/h3-4,7-12,16,35H,5-6,13-14H2,1-2H3. The van der Waals surface area contributed by atoms with Gasteiger partial charge in [-0.25, -0.2) is 14.6 Å². The third-order valence-corrected chi connectivity index (χ3v) is 7.19. The Labute approximate surface area is 245 Å². The van der Waals surface area contributed by atoms with E-state index in [2.05, 4.69) is 20.1 Å². The van der Waals surface area contributed by atoms with E-state index in [-0.39, 0.29) is 41.0 Å². The average Bonchev–Trinajstić information content (AvgIpc) is 3.69. The number of nitrogens with zero attached hydrogens (tertiary/aromatic N) is 7. The third kappa shape index (κ3) is 5.46. The van der Waals surface area contributed by atoms with Gasteiger partial charge in [0.2, 0.25) is 11.5 Å². The zero-order valence-electron chi connectivity index (χ0n) is 23.2. The monoisotopic (exact) mass is 618 g/mol. The molecule has 44 heavy (non-hydrogen) atoms. The van der Waals surface area contributed by atoms with Crippen molar-refractivity contribution in [1.29, 1.82) is 5.41 Å². The SMILES string of the molecule is COc1ccnc(C2CC2)c1-c1ncc2c(n1)n(Cc1ccc(-n3nc(C(F)(F)F)cc3OC)cc1)c(=N)n2CC(F)(F)F. The fourth-order valence-corrected chi connectivity index (χ4v) is 5.00. The highest BCUT2D eigenvalue weighted by molar-refractivity contribution is 5.76. The first-order valence-corrected chi connectivity index (χ1v) is 13.3. The van der Waals surface area contributed by atoms with Gasteiger partial charge in [0.15, 0.2) is 17.2 Å². The molecule has 0 aliphatic heterocycles. The Balaban J connectivity index is 1.43. The molecule has 5 aromatic rings. The predicted octanol–water partition coefficient (Wildman–Crippen LogP) is 5.48. The number of hydrogen-bond acceptors (Lipinski definition) is 7. The summed E-state index contributed by atoms with van der Waals surface area (Å²) in [5, 5.41) is 12.2. The van der Waals surface area contributed by atoms with Crippen LogP contribution < -0.4 is 15.1 Å². The molecule has 4 heterocycles. The van der Waals surface area contributed by atoms with Crippen LogP contribution in [0.25, 0.3) is 28.2 Å². The normalized spacial score (nSPS) is 13.9. The quantitative estimate of drug-likeness (QED) is 0.231. The number of benzene rings is 1. The van der Waals surface area contributed by atoms with Gasteiger partial charge in [-0.1, -0.05) is 12.1 Å². The van der Waals surface area contributed by atoms with Gasteiger partial charge in [-0.2, -0.15) is 31.4 Å². The maximum absolute atomic E-state index is 13.6. The number of imidazole rings is 1. The van der Waals surface area contributed by atoms with E-state index in [0.717, 1.165) is 33.9 Å². The fourth-order valence-electron chi connectivity index (χ4n) is 5.00. The average molecular weight is 619 g/mol. The lowest BCUT2D eigenvalue weighted by Gasteiger charge is -2.12. The number of rotatable bonds is 8. The van der Waals surface area contributed by atoms with Crippen LogP contribution in [-0.2, 0) is 19.3 Å². The Morgan fingerprint density at radius 1 is 0.955 bits per heavy atom. The van der Waals surface area contributed by atoms with Crippen LogP contribution in [-0.4, -0.2) is 54.3 Å². The van der Waals surface area contributed by atoms with E-state index < -0.39 is 30.2 Å². The largest absolute Gasteiger partial charge is 0.496 e. The van der Waals surface area contributed by atoms with Gasteiger partial charge in [-0.3, -0.25) is 19.5 Å². The predicted molar refractivity (Wildman–Crippen MR) is 143 cm³/mol. The molecular formula is C28H24F6N8O2. The topological polar surface area (TPSA) is 109 Å². The lowest BCUT2D eigenvalue weighted by atomic mass is 10.1. The van der Waals surface area contributed by atoms with Crippen molar-refractivity contribution in [2.24, 2.45) is 0 Å². The van der Waals surface area contributed by atoms with Gasteiger partial charge in [0.25, 0.3) is 0 Å². The van der Waals surface area contributed by atoms with E-state index in [4.69, 9.17) is 14.9 Å². The van der Waals surface area contributed by atoms with E-state index in [1.54, 1.807) is 24.4 Å². The van der Waals surface area contributed by atoms with Crippen molar-refractivity contribution in [3.8, 4) is 28.7 Å². The second kappa shape index (κ2) is 10.7. The van der Waals surface area contributed by atoms with Crippen LogP contribution in [0.5, 0.6) is 11.6 Å². The van der Waals surface area contributed by atoms with Gasteiger partial charge < -0.3 is 9.47 Å². The minimum Gasteiger partial charge on any atom is -0.496 e. The van der Waals surface area contributed by atoms with E-state index in [9.17, 15) is 26.3 Å². The van der Waals surface area contributed by atoms with Crippen molar-refractivity contribution in [2.75, 3.05) is 14.2 Å². The smallest absolute Gasteiger partial charge is 0.435 e. The highest BCUT2D eigenvalue weighted by atomic mass is 19.4. The highest BCUT2D eigenvalue weighted by Crippen LogP contribution is 2.45. The molecule has 1 saturated carbocycles. The Hall–Kier alpha value is -4.89. The molecule has 1 N–H and O–H groups in total. The summed E-state index contributed by atoms with van der Waals surface area (Å²) in [5.41, 5.74) is 0.573. The minimum absolute atomic E-state index is 0.00415. The van der Waals surface area contributed by atoms with Crippen molar-refractivity contribution in [2.45, 2.75) is 44.2 Å². The van der Waals surface area contributed by atoms with Crippen molar-refractivity contribution in [3.63, 3.8) is 0 Å². The minimum atomic E-state index is -4.68. The Kier molecular flexibility index (Phi) is 7.08. The lowest BCUT2D eigenvalue weighted by Crippen LogP contribution is -2.30. The zero-order chi connectivity index (χ0) is 31.4. The summed E-state index contributed by atoms with van der Waals surface area (Å²) in [7, 11) is 2.71. The Bertz CT molecular complexity index is 1900. The van der Waals surface area contributed by atoms with Crippen LogP contribution in [0.3, 0.4) is 0 Å². The van der Waals surface area contributed by atoms with Gasteiger partial charge in [0, 0.05) is 18.2 Å². The number of nitrogens with one attached hydrogen (secondary N) is 1. The maximum Gasteiger partial charge on any atom is 0.435 e. The summed E-state index contributed by atoms with van der Waals surface area (Å²) >= 11 is 0. The van der Waals surface area contributed by atoms with Crippen LogP contribution in [0.2, 0.25) is 0 Å². The number of pyridine rings is 1. The lowest BCUT2D eigenvalue weighted by molar-refractivity contribution is -0.141. The molecule has 0 atom stereocenters. The number of fused-ring (bicyclic) bond motifs is 1. The number of hydrogen-bond donors (Lipinski definition) is 1. The van der Waals surface area contributed by atoms with Crippen molar-refractivity contribution < 1.29 is 35.8 Å². The highest BCUT2D eigenvalue weighted by Gasteiger charge is 2.36. The molecular weight excluding hydrogens is 594 g/mol. The fraction of sp³-hybridized carbons (Fsp3) is 0.321. The molecule has 0 amide bonds. The summed E-state index contributed by atoms with van der Waals surface area (Å²) in [6, 6.07) is 8.55. The molecule has 0 bridgehead atoms. The van der Waals surface area contributed by atoms with E-state index in [1.807, 2.05) is 0 Å². The molecule has 0 radical (unpaired) electrons. The van der Waals surface area contributed by atoms with Crippen LogP contribution in [0.1, 0.15) is 35.7 Å². The van der Waals surface area contributed by atoms with Crippen LogP contribution in [0, 0.1) is 5.41 Å². The summed E-state index contributed by atoms with van der Waals surface area (Å²) in [5.74, 6) is 0.715. The number of halogens is 6. The first-order valence-electron chi connectivity index (χ1n) is 13.3. The molecule has 1 aliphatic rings. The number of ether oxygens (including phenoxy) is 2. The maximum atomic E-state index is 13.6. The third-order valence-electron chi connectivity index (χ3n) is 7.19. The molecule has 0 saturated heterocycles. The van der Waals surface area contributed by atoms with E-state index in [0.29, 0.717) is 16.9 Å². The van der Waals surface area contributed by atoms with Crippen LogP contribution in [0.15, 0.2) is 48.8 Å². The number of aromatic nitrogens is 7. The molecule has 1 fully saturated rings. The summed E-state index contributed by atoms with van der Waals surface area (Å²) in [4.78, 5) is 13.5. The van der Waals surface area contributed by atoms with E-state index in [1.165, 1.54) is 37.1 Å². The first-order chi connectivity index (χ1) is 20.9. The molecule has 6 rings (SSSR count). The summed E-state index contributed by atoms with van der Waals surface area (Å²) in [6.45, 7) is -1.50. The Morgan fingerprint density at radius 3 is 2.30 bits per heavy atom. The van der Waals surface area contributed by atoms with Crippen LogP contribution in [0.4, 0.5) is 26.3 Å². The second-order valence-electron chi connectivity index (χ2n) is 10.2. The first kappa shape index (κ1) is 29.2. The second-order valence-corrected chi connectivity index (χ2v) is 10.2.